The number of carbonyl (C=O) groups excluding carboxylic acids is 1. The SMILES string of the molecule is CCCC1CC1NC(=O)C1CCCCC1(C)N. The van der Waals surface area contributed by atoms with Gasteiger partial charge < -0.3 is 11.1 Å². The topological polar surface area (TPSA) is 55.1 Å². The van der Waals surface area contributed by atoms with Crippen LogP contribution in [0.3, 0.4) is 0 Å². The van der Waals surface area contributed by atoms with Gasteiger partial charge in [-0.3, -0.25) is 4.79 Å². The average molecular weight is 238 g/mol. The molecule has 3 heteroatoms. The molecule has 4 unspecified atom stereocenters. The molecule has 1 amide bonds. The Kier molecular flexibility index (Phi) is 3.76. The summed E-state index contributed by atoms with van der Waals surface area (Å²) in [5, 5.41) is 3.20. The number of hydrogen-bond donors (Lipinski definition) is 2. The average Bonchev–Trinajstić information content (AvgIpc) is 2.96. The third-order valence-electron chi connectivity index (χ3n) is 4.48. The number of nitrogens with two attached hydrogens (primary N) is 1. The van der Waals surface area contributed by atoms with Crippen molar-refractivity contribution in [2.24, 2.45) is 17.6 Å². The van der Waals surface area contributed by atoms with Gasteiger partial charge in [-0.25, -0.2) is 0 Å². The number of amides is 1. The van der Waals surface area contributed by atoms with Crippen molar-refractivity contribution < 1.29 is 4.79 Å². The summed E-state index contributed by atoms with van der Waals surface area (Å²) in [5.41, 5.74) is 5.96. The predicted octanol–water partition coefficient (Wildman–Crippen LogP) is 2.20. The first-order chi connectivity index (χ1) is 8.04. The molecule has 3 N–H and O–H groups in total. The molecule has 0 saturated heterocycles. The van der Waals surface area contributed by atoms with E-state index < -0.39 is 0 Å². The molecule has 0 radical (unpaired) electrons. The van der Waals surface area contributed by atoms with Crippen molar-refractivity contribution in [2.45, 2.75) is 70.4 Å². The highest BCUT2D eigenvalue weighted by atomic mass is 16.2. The lowest BCUT2D eigenvalue weighted by atomic mass is 9.74. The van der Waals surface area contributed by atoms with Crippen LogP contribution in [0, 0.1) is 11.8 Å². The smallest absolute Gasteiger partial charge is 0.225 e. The summed E-state index contributed by atoms with van der Waals surface area (Å²) in [4.78, 5) is 12.2. The van der Waals surface area contributed by atoms with Crippen molar-refractivity contribution in [1.29, 1.82) is 0 Å². The molecule has 2 saturated carbocycles. The molecule has 0 heterocycles. The van der Waals surface area contributed by atoms with Gasteiger partial charge >= 0.3 is 0 Å². The fourth-order valence-corrected chi connectivity index (χ4v) is 3.19. The maximum Gasteiger partial charge on any atom is 0.225 e. The second-order valence-electron chi connectivity index (χ2n) is 6.20. The van der Waals surface area contributed by atoms with E-state index in [9.17, 15) is 4.79 Å². The Morgan fingerprint density at radius 1 is 1.47 bits per heavy atom. The van der Waals surface area contributed by atoms with Crippen LogP contribution in [0.15, 0.2) is 0 Å². The van der Waals surface area contributed by atoms with Crippen LogP contribution in [0.2, 0.25) is 0 Å². The fraction of sp³-hybridized carbons (Fsp3) is 0.929. The van der Waals surface area contributed by atoms with Gasteiger partial charge in [-0.15, -0.1) is 0 Å². The molecule has 0 spiro atoms. The quantitative estimate of drug-likeness (QED) is 0.789. The van der Waals surface area contributed by atoms with E-state index in [0.29, 0.717) is 6.04 Å². The second-order valence-corrected chi connectivity index (χ2v) is 6.20. The molecule has 0 aromatic heterocycles. The zero-order valence-corrected chi connectivity index (χ0v) is 11.2. The molecule has 0 aliphatic heterocycles. The van der Waals surface area contributed by atoms with Gasteiger partial charge in [-0.05, 0) is 38.5 Å². The van der Waals surface area contributed by atoms with Gasteiger partial charge in [-0.2, -0.15) is 0 Å². The summed E-state index contributed by atoms with van der Waals surface area (Å²) >= 11 is 0. The van der Waals surface area contributed by atoms with Crippen LogP contribution in [-0.4, -0.2) is 17.5 Å². The minimum atomic E-state index is -0.294. The van der Waals surface area contributed by atoms with E-state index in [-0.39, 0.29) is 17.4 Å². The molecule has 17 heavy (non-hydrogen) atoms. The number of rotatable bonds is 4. The summed E-state index contributed by atoms with van der Waals surface area (Å²) in [5.74, 6) is 0.967. The monoisotopic (exact) mass is 238 g/mol. The van der Waals surface area contributed by atoms with Crippen LogP contribution in [-0.2, 0) is 4.79 Å². The van der Waals surface area contributed by atoms with Crippen molar-refractivity contribution in [3.63, 3.8) is 0 Å². The van der Waals surface area contributed by atoms with Gasteiger partial charge in [0.05, 0.1) is 5.92 Å². The maximum absolute atomic E-state index is 12.2. The first-order valence-electron chi connectivity index (χ1n) is 7.14. The lowest BCUT2D eigenvalue weighted by Gasteiger charge is -2.37. The van der Waals surface area contributed by atoms with Crippen molar-refractivity contribution in [3.8, 4) is 0 Å². The normalized spacial score (nSPS) is 41.0. The van der Waals surface area contributed by atoms with E-state index in [1.807, 2.05) is 6.92 Å². The van der Waals surface area contributed by atoms with Crippen LogP contribution in [0.5, 0.6) is 0 Å². The van der Waals surface area contributed by atoms with Crippen LogP contribution in [0.1, 0.15) is 58.8 Å². The Morgan fingerprint density at radius 2 is 2.24 bits per heavy atom. The summed E-state index contributed by atoms with van der Waals surface area (Å²) < 4.78 is 0. The van der Waals surface area contributed by atoms with Gasteiger partial charge in [0.15, 0.2) is 0 Å². The second kappa shape index (κ2) is 4.97. The first kappa shape index (κ1) is 12.9. The van der Waals surface area contributed by atoms with E-state index in [4.69, 9.17) is 5.73 Å². The third kappa shape index (κ3) is 3.01. The van der Waals surface area contributed by atoms with E-state index in [1.165, 1.54) is 25.7 Å². The van der Waals surface area contributed by atoms with Crippen molar-refractivity contribution in [1.82, 2.24) is 5.32 Å². The maximum atomic E-state index is 12.2. The number of nitrogens with one attached hydrogen (secondary N) is 1. The molecular formula is C14H26N2O. The molecule has 0 aromatic carbocycles. The summed E-state index contributed by atoms with van der Waals surface area (Å²) in [6, 6.07) is 0.445. The largest absolute Gasteiger partial charge is 0.353 e. The summed E-state index contributed by atoms with van der Waals surface area (Å²) in [7, 11) is 0. The van der Waals surface area contributed by atoms with E-state index in [2.05, 4.69) is 12.2 Å². The zero-order chi connectivity index (χ0) is 12.5. The fourth-order valence-electron chi connectivity index (χ4n) is 3.19. The Morgan fingerprint density at radius 3 is 2.88 bits per heavy atom. The standard InChI is InChI=1S/C14H26N2O/c1-3-6-10-9-12(10)16-13(17)11-7-4-5-8-14(11,2)15/h10-12H,3-9,15H2,1-2H3,(H,16,17). The minimum absolute atomic E-state index is 0.0270. The van der Waals surface area contributed by atoms with Gasteiger partial charge in [0.1, 0.15) is 0 Å². The first-order valence-corrected chi connectivity index (χ1v) is 7.14. The Hall–Kier alpha value is -0.570. The molecule has 0 bridgehead atoms. The molecule has 0 aromatic rings. The van der Waals surface area contributed by atoms with Gasteiger partial charge in [0.2, 0.25) is 5.91 Å². The van der Waals surface area contributed by atoms with Crippen molar-refractivity contribution in [2.75, 3.05) is 0 Å². The van der Waals surface area contributed by atoms with E-state index >= 15 is 0 Å². The lowest BCUT2D eigenvalue weighted by molar-refractivity contribution is -0.128. The van der Waals surface area contributed by atoms with Crippen LogP contribution < -0.4 is 11.1 Å². The highest BCUT2D eigenvalue weighted by molar-refractivity contribution is 5.80. The molecule has 4 atom stereocenters. The zero-order valence-electron chi connectivity index (χ0n) is 11.2. The molecule has 98 valence electrons. The molecule has 2 fully saturated rings. The van der Waals surface area contributed by atoms with Gasteiger partial charge in [0.25, 0.3) is 0 Å². The van der Waals surface area contributed by atoms with E-state index in [1.54, 1.807) is 0 Å². The van der Waals surface area contributed by atoms with Crippen molar-refractivity contribution in [3.05, 3.63) is 0 Å². The minimum Gasteiger partial charge on any atom is -0.353 e. The molecule has 2 aliphatic carbocycles. The third-order valence-corrected chi connectivity index (χ3v) is 4.48. The Balaban J connectivity index is 1.83. The lowest BCUT2D eigenvalue weighted by Crippen LogP contribution is -2.53. The predicted molar refractivity (Wildman–Crippen MR) is 69.5 cm³/mol. The molecule has 3 nitrogen and oxygen atoms in total. The van der Waals surface area contributed by atoms with Crippen LogP contribution in [0.25, 0.3) is 0 Å². The van der Waals surface area contributed by atoms with E-state index in [0.717, 1.165) is 25.2 Å². The number of carbonyl (C=O) groups is 1. The van der Waals surface area contributed by atoms with Gasteiger partial charge in [-0.1, -0.05) is 26.2 Å². The Bertz CT molecular complexity index is 288. The van der Waals surface area contributed by atoms with Crippen molar-refractivity contribution >= 4 is 5.91 Å². The highest BCUT2D eigenvalue weighted by Crippen LogP contribution is 2.36. The highest BCUT2D eigenvalue weighted by Gasteiger charge is 2.42. The summed E-state index contributed by atoms with van der Waals surface area (Å²) in [6.45, 7) is 4.24. The Labute approximate surface area is 105 Å². The van der Waals surface area contributed by atoms with Crippen LogP contribution >= 0.6 is 0 Å². The van der Waals surface area contributed by atoms with Gasteiger partial charge in [0, 0.05) is 11.6 Å². The summed E-state index contributed by atoms with van der Waals surface area (Å²) in [6.07, 6.45) is 7.89. The molecule has 2 aliphatic rings. The molecular weight excluding hydrogens is 212 g/mol. The molecule has 2 rings (SSSR count). The number of hydrogen-bond acceptors (Lipinski definition) is 2. The van der Waals surface area contributed by atoms with Crippen LogP contribution in [0.4, 0.5) is 0 Å².